The maximum atomic E-state index is 10.6. The maximum Gasteiger partial charge on any atom is 0.150 e. The second-order valence-electron chi connectivity index (χ2n) is 3.52. The summed E-state index contributed by atoms with van der Waals surface area (Å²) in [6, 6.07) is 14.3. The van der Waals surface area contributed by atoms with E-state index >= 15 is 0 Å². The number of ether oxygens (including phenoxy) is 1. The molecule has 0 aliphatic carbocycles. The quantitative estimate of drug-likeness (QED) is 0.626. The Balaban J connectivity index is 2.38. The molecule has 88 valence electrons. The van der Waals surface area contributed by atoms with Gasteiger partial charge in [-0.05, 0) is 52.9 Å². The Morgan fingerprint density at radius 2 is 1.94 bits per heavy atom. The van der Waals surface area contributed by atoms with E-state index in [-0.39, 0.29) is 0 Å². The number of hydrogen-bond donors (Lipinski definition) is 0. The maximum absolute atomic E-state index is 10.6. The predicted molar refractivity (Wildman–Crippen MR) is 75.8 cm³/mol. The number of nitrogens with zero attached hydrogens (tertiary/aromatic N) is 1. The van der Waals surface area contributed by atoms with Crippen molar-refractivity contribution in [1.82, 2.24) is 0 Å². The third-order valence-electron chi connectivity index (χ3n) is 2.32. The van der Waals surface area contributed by atoms with Gasteiger partial charge in [0.1, 0.15) is 23.9 Å². The first-order valence-electron chi connectivity index (χ1n) is 5.16. The van der Waals surface area contributed by atoms with Gasteiger partial charge in [-0.1, -0.05) is 12.1 Å². The van der Waals surface area contributed by atoms with E-state index in [4.69, 9.17) is 10.00 Å². The Kier molecular flexibility index (Phi) is 3.95. The summed E-state index contributed by atoms with van der Waals surface area (Å²) < 4.78 is 6.64. The van der Waals surface area contributed by atoms with E-state index < -0.39 is 0 Å². The highest BCUT2D eigenvalue weighted by molar-refractivity contribution is 14.1. The molecular weight excluding hydrogens is 341 g/mol. The molecule has 0 spiro atoms. The highest BCUT2D eigenvalue weighted by Crippen LogP contribution is 2.28. The third kappa shape index (κ3) is 2.68. The first kappa shape index (κ1) is 12.6. The molecule has 0 bridgehead atoms. The van der Waals surface area contributed by atoms with Gasteiger partial charge in [-0.2, -0.15) is 5.26 Å². The third-order valence-corrected chi connectivity index (χ3v) is 3.21. The van der Waals surface area contributed by atoms with Crippen molar-refractivity contribution in [1.29, 1.82) is 5.26 Å². The molecule has 3 nitrogen and oxygen atoms in total. The number of halogens is 1. The average Bonchev–Trinajstić information content (AvgIpc) is 2.41. The molecule has 2 aromatic carbocycles. The lowest BCUT2D eigenvalue weighted by Crippen LogP contribution is -1.92. The van der Waals surface area contributed by atoms with E-state index in [0.29, 0.717) is 28.9 Å². The van der Waals surface area contributed by atoms with Crippen LogP contribution in [0.5, 0.6) is 11.5 Å². The van der Waals surface area contributed by atoms with Crippen molar-refractivity contribution >= 4 is 28.9 Å². The Hall–Kier alpha value is -1.87. The van der Waals surface area contributed by atoms with Gasteiger partial charge in [0.2, 0.25) is 0 Å². The zero-order chi connectivity index (χ0) is 13.0. The summed E-state index contributed by atoms with van der Waals surface area (Å²) in [7, 11) is 0. The van der Waals surface area contributed by atoms with E-state index in [1.165, 1.54) is 6.07 Å². The Labute approximate surface area is 118 Å². The molecule has 2 aromatic rings. The molecule has 0 aliphatic rings. The summed E-state index contributed by atoms with van der Waals surface area (Å²) in [5.41, 5.74) is 0.806. The molecular formula is C14H8INO2. The number of rotatable bonds is 3. The first-order chi connectivity index (χ1) is 8.74. The van der Waals surface area contributed by atoms with Crippen LogP contribution in [0.3, 0.4) is 0 Å². The highest BCUT2D eigenvalue weighted by atomic mass is 127. The predicted octanol–water partition coefficient (Wildman–Crippen LogP) is 3.77. The lowest BCUT2D eigenvalue weighted by Gasteiger charge is -2.09. The van der Waals surface area contributed by atoms with Crippen molar-refractivity contribution in [2.75, 3.05) is 0 Å². The fourth-order valence-corrected chi connectivity index (χ4v) is 1.94. The van der Waals surface area contributed by atoms with Crippen molar-refractivity contribution < 1.29 is 9.53 Å². The highest BCUT2D eigenvalue weighted by Gasteiger charge is 2.07. The molecule has 0 atom stereocenters. The normalized spacial score (nSPS) is 9.56. The number of carbonyl (C=O) groups is 1. The topological polar surface area (TPSA) is 50.1 Å². The van der Waals surface area contributed by atoms with Crippen LogP contribution in [0.1, 0.15) is 15.9 Å². The largest absolute Gasteiger partial charge is 0.455 e. The molecule has 0 unspecified atom stereocenters. The molecule has 0 heterocycles. The van der Waals surface area contributed by atoms with Gasteiger partial charge in [-0.3, -0.25) is 4.79 Å². The van der Waals surface area contributed by atoms with E-state index in [9.17, 15) is 4.79 Å². The van der Waals surface area contributed by atoms with E-state index in [1.54, 1.807) is 12.1 Å². The van der Waals surface area contributed by atoms with Crippen molar-refractivity contribution in [3.8, 4) is 17.6 Å². The standard InChI is InChI=1S/C14H8INO2/c15-12-3-1-2-4-14(12)18-13-6-5-10(9-17)7-11(13)8-16/h1-7,9H. The summed E-state index contributed by atoms with van der Waals surface area (Å²) in [6.07, 6.45) is 0.705. The van der Waals surface area contributed by atoms with Crippen molar-refractivity contribution in [3.05, 3.63) is 57.2 Å². The van der Waals surface area contributed by atoms with E-state index in [0.717, 1.165) is 3.57 Å². The molecule has 4 heteroatoms. The van der Waals surface area contributed by atoms with Crippen LogP contribution in [0.25, 0.3) is 0 Å². The number of nitriles is 1. The zero-order valence-electron chi connectivity index (χ0n) is 9.26. The van der Waals surface area contributed by atoms with Crippen LogP contribution in [0, 0.1) is 14.9 Å². The monoisotopic (exact) mass is 349 g/mol. The summed E-state index contributed by atoms with van der Waals surface area (Å²) in [4.78, 5) is 10.6. The smallest absolute Gasteiger partial charge is 0.150 e. The summed E-state index contributed by atoms with van der Waals surface area (Å²) >= 11 is 2.16. The summed E-state index contributed by atoms with van der Waals surface area (Å²) in [6.45, 7) is 0. The number of benzene rings is 2. The lowest BCUT2D eigenvalue weighted by atomic mass is 10.1. The molecule has 0 amide bonds. The van der Waals surface area contributed by atoms with Crippen molar-refractivity contribution in [3.63, 3.8) is 0 Å². The zero-order valence-corrected chi connectivity index (χ0v) is 11.4. The molecule has 0 saturated carbocycles. The number of carbonyl (C=O) groups excluding carboxylic acids is 1. The van der Waals surface area contributed by atoms with E-state index in [1.807, 2.05) is 30.3 Å². The van der Waals surface area contributed by atoms with Crippen molar-refractivity contribution in [2.24, 2.45) is 0 Å². The lowest BCUT2D eigenvalue weighted by molar-refractivity contribution is 0.112. The van der Waals surface area contributed by atoms with Crippen LogP contribution in [0.15, 0.2) is 42.5 Å². The second kappa shape index (κ2) is 5.65. The summed E-state index contributed by atoms with van der Waals surface area (Å²) in [5.74, 6) is 1.14. The molecule has 0 saturated heterocycles. The second-order valence-corrected chi connectivity index (χ2v) is 4.68. The van der Waals surface area contributed by atoms with Gasteiger partial charge in [-0.15, -0.1) is 0 Å². The van der Waals surface area contributed by atoms with Gasteiger partial charge < -0.3 is 4.74 Å². The van der Waals surface area contributed by atoms with Crippen LogP contribution in [0.4, 0.5) is 0 Å². The van der Waals surface area contributed by atoms with Gasteiger partial charge in [0.05, 0.1) is 9.13 Å². The minimum Gasteiger partial charge on any atom is -0.455 e. The fourth-order valence-electron chi connectivity index (χ4n) is 1.44. The molecule has 0 radical (unpaired) electrons. The molecule has 0 aliphatic heterocycles. The minimum atomic E-state index is 0.347. The van der Waals surface area contributed by atoms with E-state index in [2.05, 4.69) is 22.6 Å². The first-order valence-corrected chi connectivity index (χ1v) is 6.24. The molecule has 0 fully saturated rings. The van der Waals surface area contributed by atoms with Crippen LogP contribution in [-0.4, -0.2) is 6.29 Å². The number of para-hydroxylation sites is 1. The molecule has 2 rings (SSSR count). The Morgan fingerprint density at radius 3 is 2.61 bits per heavy atom. The fraction of sp³-hybridized carbons (Fsp3) is 0. The SMILES string of the molecule is N#Cc1cc(C=O)ccc1Oc1ccccc1I. The number of hydrogen-bond acceptors (Lipinski definition) is 3. The van der Waals surface area contributed by atoms with Crippen LogP contribution >= 0.6 is 22.6 Å². The van der Waals surface area contributed by atoms with Crippen LogP contribution < -0.4 is 4.74 Å². The van der Waals surface area contributed by atoms with Gasteiger partial charge in [0.15, 0.2) is 0 Å². The van der Waals surface area contributed by atoms with Gasteiger partial charge in [0, 0.05) is 5.56 Å². The molecule has 0 N–H and O–H groups in total. The molecule has 0 aromatic heterocycles. The van der Waals surface area contributed by atoms with Gasteiger partial charge in [0.25, 0.3) is 0 Å². The Bertz CT molecular complexity index is 632. The van der Waals surface area contributed by atoms with Crippen LogP contribution in [0.2, 0.25) is 0 Å². The van der Waals surface area contributed by atoms with Gasteiger partial charge >= 0.3 is 0 Å². The summed E-state index contributed by atoms with van der Waals surface area (Å²) in [5, 5.41) is 9.04. The number of aldehydes is 1. The van der Waals surface area contributed by atoms with Gasteiger partial charge in [-0.25, -0.2) is 0 Å². The van der Waals surface area contributed by atoms with Crippen LogP contribution in [-0.2, 0) is 0 Å². The molecule has 18 heavy (non-hydrogen) atoms. The minimum absolute atomic E-state index is 0.347. The van der Waals surface area contributed by atoms with Crippen molar-refractivity contribution in [2.45, 2.75) is 0 Å². The average molecular weight is 349 g/mol. The Morgan fingerprint density at radius 1 is 1.17 bits per heavy atom.